The van der Waals surface area contributed by atoms with Crippen molar-refractivity contribution in [1.82, 2.24) is 9.38 Å². The number of imidazole rings is 1. The maximum absolute atomic E-state index is 9.64. The van der Waals surface area contributed by atoms with Crippen LogP contribution in [0.1, 0.15) is 35.2 Å². The molecule has 0 N–H and O–H groups in total. The van der Waals surface area contributed by atoms with Crippen molar-refractivity contribution in [2.24, 2.45) is 0 Å². The van der Waals surface area contributed by atoms with Crippen molar-refractivity contribution in [3.8, 4) is 17.3 Å². The second-order valence-corrected chi connectivity index (χ2v) is 7.00. The van der Waals surface area contributed by atoms with E-state index in [-0.39, 0.29) is 0 Å². The van der Waals surface area contributed by atoms with Gasteiger partial charge in [0.05, 0.1) is 0 Å². The van der Waals surface area contributed by atoms with Gasteiger partial charge < -0.3 is 0 Å². The molecule has 2 aromatic heterocycles. The van der Waals surface area contributed by atoms with E-state index < -0.39 is 0 Å². The molecule has 0 saturated heterocycles. The van der Waals surface area contributed by atoms with Gasteiger partial charge in [-0.05, 0) is 77.4 Å². The van der Waals surface area contributed by atoms with E-state index in [0.717, 1.165) is 39.8 Å². The number of pyridine rings is 1. The van der Waals surface area contributed by atoms with Crippen LogP contribution in [-0.4, -0.2) is 9.38 Å². The van der Waals surface area contributed by atoms with E-state index in [1.165, 1.54) is 24.0 Å². The molecule has 114 valence electrons. The fourth-order valence-corrected chi connectivity index (χ4v) is 3.67. The standard InChI is InChI=1S/C19H16BrN3/c1-12-8-18-22-19(17(10-21)23(18)11-16(12)20)15-7-6-13-4-2-3-5-14(13)9-15/h6-9,11H,2-5H2,1H3. The first kappa shape index (κ1) is 14.5. The highest BCUT2D eigenvalue weighted by atomic mass is 79.9. The predicted octanol–water partition coefficient (Wildman–Crippen LogP) is 4.82. The van der Waals surface area contributed by atoms with Crippen molar-refractivity contribution in [3.63, 3.8) is 0 Å². The van der Waals surface area contributed by atoms with E-state index >= 15 is 0 Å². The van der Waals surface area contributed by atoms with Crippen LogP contribution in [0.25, 0.3) is 16.9 Å². The molecule has 4 rings (SSSR count). The monoisotopic (exact) mass is 365 g/mol. The van der Waals surface area contributed by atoms with Crippen LogP contribution in [0.2, 0.25) is 0 Å². The number of nitrogens with zero attached hydrogens (tertiary/aromatic N) is 3. The first-order valence-corrected chi connectivity index (χ1v) is 8.67. The number of rotatable bonds is 1. The molecule has 0 bridgehead atoms. The topological polar surface area (TPSA) is 41.1 Å². The van der Waals surface area contributed by atoms with Crippen molar-refractivity contribution in [1.29, 1.82) is 5.26 Å². The number of hydrogen-bond acceptors (Lipinski definition) is 2. The van der Waals surface area contributed by atoms with E-state index in [1.807, 2.05) is 23.6 Å². The molecule has 1 aliphatic carbocycles. The molecule has 3 aromatic rings. The van der Waals surface area contributed by atoms with Crippen molar-refractivity contribution in [2.75, 3.05) is 0 Å². The lowest BCUT2D eigenvalue weighted by Gasteiger charge is -2.16. The van der Waals surface area contributed by atoms with Crippen LogP contribution in [0, 0.1) is 18.3 Å². The average Bonchev–Trinajstić information content (AvgIpc) is 2.92. The highest BCUT2D eigenvalue weighted by molar-refractivity contribution is 9.10. The van der Waals surface area contributed by atoms with Gasteiger partial charge in [0, 0.05) is 16.2 Å². The molecule has 0 radical (unpaired) electrons. The van der Waals surface area contributed by atoms with Gasteiger partial charge in [-0.1, -0.05) is 12.1 Å². The van der Waals surface area contributed by atoms with E-state index in [0.29, 0.717) is 5.69 Å². The van der Waals surface area contributed by atoms with Gasteiger partial charge >= 0.3 is 0 Å². The van der Waals surface area contributed by atoms with Crippen LogP contribution < -0.4 is 0 Å². The molecular formula is C19H16BrN3. The Morgan fingerprint density at radius 1 is 1.17 bits per heavy atom. The van der Waals surface area contributed by atoms with Crippen molar-refractivity contribution >= 4 is 21.6 Å². The summed E-state index contributed by atoms with van der Waals surface area (Å²) in [5.74, 6) is 0. The summed E-state index contributed by atoms with van der Waals surface area (Å²) in [5, 5.41) is 9.64. The van der Waals surface area contributed by atoms with Crippen LogP contribution in [0.4, 0.5) is 0 Å². The van der Waals surface area contributed by atoms with Gasteiger partial charge in [0.2, 0.25) is 0 Å². The zero-order valence-corrected chi connectivity index (χ0v) is 14.5. The molecule has 0 fully saturated rings. The zero-order valence-electron chi connectivity index (χ0n) is 12.9. The molecule has 0 saturated carbocycles. The number of nitriles is 1. The van der Waals surface area contributed by atoms with E-state index in [1.54, 1.807) is 0 Å². The van der Waals surface area contributed by atoms with Gasteiger partial charge in [-0.2, -0.15) is 5.26 Å². The summed E-state index contributed by atoms with van der Waals surface area (Å²) in [7, 11) is 0. The van der Waals surface area contributed by atoms with Gasteiger partial charge in [0.1, 0.15) is 17.4 Å². The lowest BCUT2D eigenvalue weighted by atomic mass is 9.90. The van der Waals surface area contributed by atoms with E-state index in [4.69, 9.17) is 4.98 Å². The largest absolute Gasteiger partial charge is 0.290 e. The first-order valence-electron chi connectivity index (χ1n) is 7.88. The van der Waals surface area contributed by atoms with Gasteiger partial charge in [-0.15, -0.1) is 0 Å². The highest BCUT2D eigenvalue weighted by Gasteiger charge is 2.17. The quantitative estimate of drug-likeness (QED) is 0.619. The Kier molecular flexibility index (Phi) is 3.46. The second kappa shape index (κ2) is 5.50. The van der Waals surface area contributed by atoms with E-state index in [9.17, 15) is 5.26 Å². The number of hydrogen-bond donors (Lipinski definition) is 0. The van der Waals surface area contributed by atoms with Crippen LogP contribution in [0.3, 0.4) is 0 Å². The lowest BCUT2D eigenvalue weighted by molar-refractivity contribution is 0.686. The third-order valence-corrected chi connectivity index (χ3v) is 5.46. The number of aryl methyl sites for hydroxylation is 3. The third kappa shape index (κ3) is 2.36. The Morgan fingerprint density at radius 2 is 1.96 bits per heavy atom. The summed E-state index contributed by atoms with van der Waals surface area (Å²) >= 11 is 3.54. The van der Waals surface area contributed by atoms with Crippen molar-refractivity contribution in [3.05, 3.63) is 57.3 Å². The summed E-state index contributed by atoms with van der Waals surface area (Å²) < 4.78 is 2.85. The molecular weight excluding hydrogens is 350 g/mol. The minimum Gasteiger partial charge on any atom is -0.290 e. The molecule has 1 aliphatic rings. The normalized spacial score (nSPS) is 13.8. The first-order chi connectivity index (χ1) is 11.2. The van der Waals surface area contributed by atoms with Crippen LogP contribution in [0.5, 0.6) is 0 Å². The summed E-state index contributed by atoms with van der Waals surface area (Å²) in [6.07, 6.45) is 6.75. The fourth-order valence-electron chi connectivity index (χ4n) is 3.35. The number of benzene rings is 1. The number of aromatic nitrogens is 2. The van der Waals surface area contributed by atoms with Crippen molar-refractivity contribution in [2.45, 2.75) is 32.6 Å². The summed E-state index contributed by atoms with van der Waals surface area (Å²) in [5.41, 5.74) is 7.20. The average molecular weight is 366 g/mol. The fraction of sp³-hybridized carbons (Fsp3) is 0.263. The second-order valence-electron chi connectivity index (χ2n) is 6.14. The maximum Gasteiger partial charge on any atom is 0.152 e. The Bertz CT molecular complexity index is 963. The van der Waals surface area contributed by atoms with Gasteiger partial charge in [-0.3, -0.25) is 4.40 Å². The minimum atomic E-state index is 0.594. The molecule has 0 aliphatic heterocycles. The van der Waals surface area contributed by atoms with Gasteiger partial charge in [0.25, 0.3) is 0 Å². The Morgan fingerprint density at radius 3 is 2.74 bits per heavy atom. The third-order valence-electron chi connectivity index (χ3n) is 4.63. The Labute approximate surface area is 143 Å². The Balaban J connectivity index is 1.93. The number of fused-ring (bicyclic) bond motifs is 2. The summed E-state index contributed by atoms with van der Waals surface area (Å²) in [6, 6.07) is 10.9. The molecule has 0 amide bonds. The predicted molar refractivity (Wildman–Crippen MR) is 94.4 cm³/mol. The molecule has 23 heavy (non-hydrogen) atoms. The maximum atomic E-state index is 9.64. The smallest absolute Gasteiger partial charge is 0.152 e. The summed E-state index contributed by atoms with van der Waals surface area (Å²) in [6.45, 7) is 2.03. The minimum absolute atomic E-state index is 0.594. The van der Waals surface area contributed by atoms with E-state index in [2.05, 4.69) is 40.2 Å². The molecule has 4 heteroatoms. The number of halogens is 1. The zero-order chi connectivity index (χ0) is 16.0. The lowest BCUT2D eigenvalue weighted by Crippen LogP contribution is -2.02. The van der Waals surface area contributed by atoms with Crippen LogP contribution in [0.15, 0.2) is 34.9 Å². The van der Waals surface area contributed by atoms with Crippen LogP contribution >= 0.6 is 15.9 Å². The molecule has 0 atom stereocenters. The van der Waals surface area contributed by atoms with Gasteiger partial charge in [0.15, 0.2) is 5.69 Å². The van der Waals surface area contributed by atoms with Crippen molar-refractivity contribution < 1.29 is 0 Å². The molecule has 3 nitrogen and oxygen atoms in total. The molecule has 0 spiro atoms. The highest BCUT2D eigenvalue weighted by Crippen LogP contribution is 2.30. The molecule has 2 heterocycles. The Hall–Kier alpha value is -2.12. The summed E-state index contributed by atoms with van der Waals surface area (Å²) in [4.78, 5) is 4.72. The SMILES string of the molecule is Cc1cc2nc(-c3ccc4c(c3)CCCC4)c(C#N)n2cc1Br. The molecule has 1 aromatic carbocycles. The van der Waals surface area contributed by atoms with Gasteiger partial charge in [-0.25, -0.2) is 4.98 Å². The molecule has 0 unspecified atom stereocenters. The van der Waals surface area contributed by atoms with Crippen LogP contribution in [-0.2, 0) is 12.8 Å².